The number of carbonyl (C=O) groups is 1. The smallest absolute Gasteiger partial charge is 0.266 e. The fraction of sp³-hybridized carbons (Fsp3) is 0.304. The second-order valence-corrected chi connectivity index (χ2v) is 7.63. The average Bonchev–Trinajstić information content (AvgIpc) is 3.23. The van der Waals surface area contributed by atoms with E-state index in [1.165, 1.54) is 11.3 Å². The molecule has 0 saturated carbocycles. The van der Waals surface area contributed by atoms with Gasteiger partial charge >= 0.3 is 0 Å². The summed E-state index contributed by atoms with van der Waals surface area (Å²) in [6, 6.07) is 13.6. The Morgan fingerprint density at radius 1 is 1.07 bits per heavy atom. The Kier molecular flexibility index (Phi) is 7.43. The molecular weight excluding hydrogens is 400 g/mol. The lowest BCUT2D eigenvalue weighted by Crippen LogP contribution is -2.37. The number of nitrogens with zero attached hydrogens (tertiary/aromatic N) is 2. The molecule has 0 aliphatic carbocycles. The van der Waals surface area contributed by atoms with Crippen molar-refractivity contribution in [1.82, 2.24) is 4.98 Å². The monoisotopic (exact) mass is 426 g/mol. The molecule has 0 unspecified atom stereocenters. The van der Waals surface area contributed by atoms with Gasteiger partial charge in [-0.2, -0.15) is 0 Å². The third-order valence-electron chi connectivity index (χ3n) is 4.68. The van der Waals surface area contributed by atoms with Crippen molar-refractivity contribution in [3.63, 3.8) is 0 Å². The van der Waals surface area contributed by atoms with Crippen molar-refractivity contribution in [3.05, 3.63) is 59.0 Å². The molecule has 158 valence electrons. The zero-order valence-electron chi connectivity index (χ0n) is 17.7. The first-order valence-electron chi connectivity index (χ1n) is 9.61. The van der Waals surface area contributed by atoms with Crippen molar-refractivity contribution in [1.29, 1.82) is 0 Å². The lowest BCUT2D eigenvalue weighted by atomic mass is 10.1. The van der Waals surface area contributed by atoms with Crippen LogP contribution in [0.3, 0.4) is 0 Å². The Bertz CT molecular complexity index is 965. The topological polar surface area (TPSA) is 60.9 Å². The van der Waals surface area contributed by atoms with Gasteiger partial charge in [-0.15, -0.1) is 11.3 Å². The number of aryl methyl sites for hydroxylation is 2. The van der Waals surface area contributed by atoms with Gasteiger partial charge in [0.05, 0.1) is 26.0 Å². The van der Waals surface area contributed by atoms with Crippen LogP contribution in [0.15, 0.2) is 47.8 Å². The second-order valence-electron chi connectivity index (χ2n) is 6.79. The van der Waals surface area contributed by atoms with Crippen LogP contribution in [0, 0.1) is 13.8 Å². The number of aromatic nitrogens is 1. The summed E-state index contributed by atoms with van der Waals surface area (Å²) in [5.41, 5.74) is 3.78. The van der Waals surface area contributed by atoms with Crippen LogP contribution < -0.4 is 14.4 Å². The number of thiazole rings is 1. The summed E-state index contributed by atoms with van der Waals surface area (Å²) in [6.07, 6.45) is 0. The van der Waals surface area contributed by atoms with Gasteiger partial charge in [0.15, 0.2) is 11.7 Å². The van der Waals surface area contributed by atoms with Crippen LogP contribution in [0.5, 0.6) is 11.5 Å². The lowest BCUT2D eigenvalue weighted by Gasteiger charge is -2.20. The van der Waals surface area contributed by atoms with Gasteiger partial charge in [-0.1, -0.05) is 18.2 Å². The van der Waals surface area contributed by atoms with Gasteiger partial charge in [-0.05, 0) is 49.2 Å². The molecule has 1 aromatic heterocycles. The SMILES string of the molecule is COCCN(C(=O)COc1c(C)cccc1C)c1nc(-c2ccc(OC)cc2)cs1. The van der Waals surface area contributed by atoms with Gasteiger partial charge < -0.3 is 14.2 Å². The number of rotatable bonds is 9. The van der Waals surface area contributed by atoms with E-state index in [-0.39, 0.29) is 12.5 Å². The number of methoxy groups -OCH3 is 2. The maximum Gasteiger partial charge on any atom is 0.266 e. The van der Waals surface area contributed by atoms with Gasteiger partial charge in [-0.25, -0.2) is 4.98 Å². The first-order valence-corrected chi connectivity index (χ1v) is 10.5. The highest BCUT2D eigenvalue weighted by molar-refractivity contribution is 7.14. The van der Waals surface area contributed by atoms with Crippen LogP contribution in [0.1, 0.15) is 11.1 Å². The molecular formula is C23H26N2O4S. The van der Waals surface area contributed by atoms with E-state index < -0.39 is 0 Å². The van der Waals surface area contributed by atoms with Gasteiger partial charge in [0.2, 0.25) is 0 Å². The van der Waals surface area contributed by atoms with E-state index in [2.05, 4.69) is 4.98 Å². The van der Waals surface area contributed by atoms with E-state index >= 15 is 0 Å². The molecule has 0 spiro atoms. The van der Waals surface area contributed by atoms with Gasteiger partial charge in [0.25, 0.3) is 5.91 Å². The molecule has 0 bridgehead atoms. The largest absolute Gasteiger partial charge is 0.497 e. The fourth-order valence-electron chi connectivity index (χ4n) is 3.03. The summed E-state index contributed by atoms with van der Waals surface area (Å²) < 4.78 is 16.3. The molecule has 0 radical (unpaired) electrons. The molecule has 2 aromatic carbocycles. The van der Waals surface area contributed by atoms with E-state index in [9.17, 15) is 4.79 Å². The molecule has 3 aromatic rings. The third-order valence-corrected chi connectivity index (χ3v) is 5.54. The maximum atomic E-state index is 13.0. The summed E-state index contributed by atoms with van der Waals surface area (Å²) >= 11 is 1.42. The van der Waals surface area contributed by atoms with Crippen LogP contribution in [0.4, 0.5) is 5.13 Å². The number of ether oxygens (including phenoxy) is 3. The molecule has 6 nitrogen and oxygen atoms in total. The number of para-hydroxylation sites is 1. The molecule has 7 heteroatoms. The van der Waals surface area contributed by atoms with E-state index in [4.69, 9.17) is 14.2 Å². The van der Waals surface area contributed by atoms with Gasteiger partial charge in [0, 0.05) is 18.1 Å². The first-order chi connectivity index (χ1) is 14.5. The predicted molar refractivity (Wildman–Crippen MR) is 120 cm³/mol. The second kappa shape index (κ2) is 10.2. The van der Waals surface area contributed by atoms with Crippen molar-refractivity contribution in [2.45, 2.75) is 13.8 Å². The van der Waals surface area contributed by atoms with Crippen LogP contribution in [-0.4, -0.2) is 44.9 Å². The number of anilines is 1. The molecule has 0 aliphatic rings. The Hall–Kier alpha value is -2.90. The number of hydrogen-bond donors (Lipinski definition) is 0. The Labute approximate surface area is 181 Å². The normalized spacial score (nSPS) is 10.7. The summed E-state index contributed by atoms with van der Waals surface area (Å²) in [5, 5.41) is 2.56. The summed E-state index contributed by atoms with van der Waals surface area (Å²) in [4.78, 5) is 19.3. The Balaban J connectivity index is 1.76. The molecule has 0 aliphatic heterocycles. The maximum absolute atomic E-state index is 13.0. The Morgan fingerprint density at radius 3 is 2.40 bits per heavy atom. The predicted octanol–water partition coefficient (Wildman–Crippen LogP) is 4.49. The molecule has 0 saturated heterocycles. The zero-order chi connectivity index (χ0) is 21.5. The van der Waals surface area contributed by atoms with Crippen LogP contribution in [0.25, 0.3) is 11.3 Å². The number of amides is 1. The molecule has 1 heterocycles. The molecule has 30 heavy (non-hydrogen) atoms. The van der Waals surface area contributed by atoms with Crippen LogP contribution >= 0.6 is 11.3 Å². The van der Waals surface area contributed by atoms with Crippen molar-refractivity contribution >= 4 is 22.4 Å². The minimum Gasteiger partial charge on any atom is -0.497 e. The van der Waals surface area contributed by atoms with Crippen LogP contribution in [-0.2, 0) is 9.53 Å². The molecule has 0 atom stereocenters. The van der Waals surface area contributed by atoms with Crippen molar-refractivity contribution in [2.24, 2.45) is 0 Å². The lowest BCUT2D eigenvalue weighted by molar-refractivity contribution is -0.120. The summed E-state index contributed by atoms with van der Waals surface area (Å²) in [5.74, 6) is 1.37. The van der Waals surface area contributed by atoms with E-state index in [1.807, 2.05) is 61.7 Å². The third kappa shape index (κ3) is 5.17. The summed E-state index contributed by atoms with van der Waals surface area (Å²) in [6.45, 7) is 4.69. The highest BCUT2D eigenvalue weighted by Crippen LogP contribution is 2.29. The molecule has 0 N–H and O–H groups in total. The van der Waals surface area contributed by atoms with Gasteiger partial charge in [0.1, 0.15) is 11.5 Å². The fourth-order valence-corrected chi connectivity index (χ4v) is 3.91. The number of carbonyl (C=O) groups excluding carboxylic acids is 1. The highest BCUT2D eigenvalue weighted by Gasteiger charge is 2.20. The van der Waals surface area contributed by atoms with Crippen LogP contribution in [0.2, 0.25) is 0 Å². The minimum absolute atomic E-state index is 0.0626. The van der Waals surface area contributed by atoms with E-state index in [0.717, 1.165) is 33.9 Å². The van der Waals surface area contributed by atoms with E-state index in [0.29, 0.717) is 18.3 Å². The minimum atomic E-state index is -0.162. The average molecular weight is 427 g/mol. The molecule has 3 rings (SSSR count). The number of hydrogen-bond acceptors (Lipinski definition) is 6. The number of benzene rings is 2. The van der Waals surface area contributed by atoms with Crippen molar-refractivity contribution in [3.8, 4) is 22.8 Å². The first kappa shape index (κ1) is 21.8. The zero-order valence-corrected chi connectivity index (χ0v) is 18.5. The van der Waals surface area contributed by atoms with E-state index in [1.54, 1.807) is 19.1 Å². The Morgan fingerprint density at radius 2 is 1.77 bits per heavy atom. The quantitative estimate of drug-likeness (QED) is 0.504. The summed E-state index contributed by atoms with van der Waals surface area (Å²) in [7, 11) is 3.25. The van der Waals surface area contributed by atoms with Gasteiger partial charge in [-0.3, -0.25) is 9.69 Å². The van der Waals surface area contributed by atoms with Crippen molar-refractivity contribution in [2.75, 3.05) is 38.9 Å². The van der Waals surface area contributed by atoms with Crippen molar-refractivity contribution < 1.29 is 19.0 Å². The molecule has 0 fully saturated rings. The highest BCUT2D eigenvalue weighted by atomic mass is 32.1. The standard InChI is InChI=1S/C23H26N2O4S/c1-16-6-5-7-17(2)22(16)29-14-21(26)25(12-13-27-3)23-24-20(15-30-23)18-8-10-19(28-4)11-9-18/h5-11,15H,12-14H2,1-4H3. The molecule has 1 amide bonds.